The van der Waals surface area contributed by atoms with Crippen LogP contribution >= 0.6 is 11.8 Å². The molecule has 32 heavy (non-hydrogen) atoms. The van der Waals surface area contributed by atoms with Crippen LogP contribution in [0.25, 0.3) is 0 Å². The number of anilines is 1. The number of hydrogen-bond acceptors (Lipinski definition) is 5. The summed E-state index contributed by atoms with van der Waals surface area (Å²) in [5.74, 6) is 2.79. The van der Waals surface area contributed by atoms with Crippen LogP contribution in [0.3, 0.4) is 0 Å². The van der Waals surface area contributed by atoms with Gasteiger partial charge in [-0.25, -0.2) is 4.39 Å². The Bertz CT molecular complexity index is 1260. The third-order valence-electron chi connectivity index (χ3n) is 5.22. The predicted octanol–water partition coefficient (Wildman–Crippen LogP) is 3.70. The van der Waals surface area contributed by atoms with Crippen LogP contribution in [0.1, 0.15) is 29.0 Å². The summed E-state index contributed by atoms with van der Waals surface area (Å²) in [5.41, 5.74) is 1.34. The summed E-state index contributed by atoms with van der Waals surface area (Å²) in [6.07, 6.45) is 5.35. The molecule has 1 aromatic heterocycles. The maximum absolute atomic E-state index is 14.0. The predicted molar refractivity (Wildman–Crippen MR) is 121 cm³/mol. The van der Waals surface area contributed by atoms with Crippen molar-refractivity contribution in [1.82, 2.24) is 9.55 Å². The number of carbonyl (C=O) groups excluding carboxylic acids is 1. The molecule has 1 amide bonds. The van der Waals surface area contributed by atoms with Gasteiger partial charge in [-0.05, 0) is 29.3 Å². The molecule has 0 saturated carbocycles. The molecular formula is C24H20FN3O3S. The third kappa shape index (κ3) is 4.39. The zero-order valence-electron chi connectivity index (χ0n) is 17.3. The van der Waals surface area contributed by atoms with Crippen molar-refractivity contribution in [1.29, 1.82) is 0 Å². The molecule has 1 N–H and O–H groups in total. The lowest BCUT2D eigenvalue weighted by atomic mass is 9.87. The number of aromatic nitrogens is 2. The molecule has 1 atom stereocenters. The summed E-state index contributed by atoms with van der Waals surface area (Å²) in [5, 5.41) is 3.21. The van der Waals surface area contributed by atoms with E-state index >= 15 is 0 Å². The SMILES string of the molecule is C#CCOc1ccc([C@H]2CC(=O)Nc3c2c(=O)nc(SCc2ccccc2F)n3C)cc1. The minimum Gasteiger partial charge on any atom is -0.481 e. The Morgan fingerprint density at radius 3 is 2.72 bits per heavy atom. The Balaban J connectivity index is 1.66. The summed E-state index contributed by atoms with van der Waals surface area (Å²) in [6, 6.07) is 13.6. The summed E-state index contributed by atoms with van der Waals surface area (Å²) in [6.45, 7) is 0.159. The molecule has 1 aliphatic rings. The van der Waals surface area contributed by atoms with E-state index in [1.165, 1.54) is 17.8 Å². The van der Waals surface area contributed by atoms with Gasteiger partial charge in [-0.3, -0.25) is 9.59 Å². The van der Waals surface area contributed by atoms with Crippen molar-refractivity contribution in [2.45, 2.75) is 23.2 Å². The summed E-state index contributed by atoms with van der Waals surface area (Å²) < 4.78 is 21.0. The molecule has 2 heterocycles. The van der Waals surface area contributed by atoms with Gasteiger partial charge in [0, 0.05) is 25.1 Å². The van der Waals surface area contributed by atoms with Crippen molar-refractivity contribution in [2.24, 2.45) is 7.05 Å². The molecule has 6 nitrogen and oxygen atoms in total. The van der Waals surface area contributed by atoms with Crippen molar-refractivity contribution < 1.29 is 13.9 Å². The first-order valence-electron chi connectivity index (χ1n) is 9.91. The second kappa shape index (κ2) is 9.28. The van der Waals surface area contributed by atoms with Crippen molar-refractivity contribution >= 4 is 23.5 Å². The van der Waals surface area contributed by atoms with Crippen molar-refractivity contribution in [3.63, 3.8) is 0 Å². The van der Waals surface area contributed by atoms with Gasteiger partial charge < -0.3 is 14.6 Å². The Hall–Kier alpha value is -3.57. The Labute approximate surface area is 188 Å². The number of ether oxygens (including phenoxy) is 1. The number of amides is 1. The lowest BCUT2D eigenvalue weighted by molar-refractivity contribution is -0.116. The first-order chi connectivity index (χ1) is 15.5. The molecule has 0 unspecified atom stereocenters. The number of carbonyl (C=O) groups is 1. The highest BCUT2D eigenvalue weighted by atomic mass is 32.2. The van der Waals surface area contributed by atoms with Gasteiger partial charge in [0.2, 0.25) is 5.91 Å². The van der Waals surface area contributed by atoms with E-state index in [9.17, 15) is 14.0 Å². The van der Waals surface area contributed by atoms with Gasteiger partial charge in [0.05, 0.1) is 5.56 Å². The van der Waals surface area contributed by atoms with Crippen molar-refractivity contribution in [3.05, 3.63) is 81.4 Å². The van der Waals surface area contributed by atoms with E-state index in [2.05, 4.69) is 16.2 Å². The average molecular weight is 450 g/mol. The zero-order valence-corrected chi connectivity index (χ0v) is 18.1. The third-order valence-corrected chi connectivity index (χ3v) is 6.30. The maximum atomic E-state index is 14.0. The highest BCUT2D eigenvalue weighted by molar-refractivity contribution is 7.98. The van der Waals surface area contributed by atoms with Crippen LogP contribution in [0.2, 0.25) is 0 Å². The number of benzene rings is 2. The van der Waals surface area contributed by atoms with Gasteiger partial charge in [-0.1, -0.05) is 48.0 Å². The monoisotopic (exact) mass is 449 g/mol. The number of fused-ring (bicyclic) bond motifs is 1. The van der Waals surface area contributed by atoms with E-state index in [4.69, 9.17) is 11.2 Å². The number of rotatable bonds is 6. The van der Waals surface area contributed by atoms with Crippen LogP contribution in [0.5, 0.6) is 5.75 Å². The highest BCUT2D eigenvalue weighted by Crippen LogP contribution is 2.36. The van der Waals surface area contributed by atoms with Crippen LogP contribution in [-0.4, -0.2) is 22.1 Å². The fourth-order valence-electron chi connectivity index (χ4n) is 3.63. The van der Waals surface area contributed by atoms with E-state index in [0.29, 0.717) is 33.6 Å². The van der Waals surface area contributed by atoms with Crippen molar-refractivity contribution in [2.75, 3.05) is 11.9 Å². The normalized spacial score (nSPS) is 14.9. The minimum absolute atomic E-state index is 0.135. The number of terminal acetylenes is 1. The first kappa shape index (κ1) is 21.7. The highest BCUT2D eigenvalue weighted by Gasteiger charge is 2.32. The van der Waals surface area contributed by atoms with E-state index in [-0.39, 0.29) is 24.8 Å². The molecule has 0 saturated heterocycles. The Morgan fingerprint density at radius 2 is 2.00 bits per heavy atom. The number of thioether (sulfide) groups is 1. The summed E-state index contributed by atoms with van der Waals surface area (Å²) in [4.78, 5) is 29.7. The van der Waals surface area contributed by atoms with Crippen LogP contribution < -0.4 is 15.6 Å². The average Bonchev–Trinajstić information content (AvgIpc) is 2.79. The Morgan fingerprint density at radius 1 is 1.25 bits per heavy atom. The van der Waals surface area contributed by atoms with Crippen LogP contribution in [-0.2, 0) is 17.6 Å². The van der Waals surface area contributed by atoms with E-state index < -0.39 is 11.5 Å². The molecule has 0 fully saturated rings. The second-order valence-electron chi connectivity index (χ2n) is 7.27. The maximum Gasteiger partial charge on any atom is 0.279 e. The largest absolute Gasteiger partial charge is 0.481 e. The zero-order chi connectivity index (χ0) is 22.7. The van der Waals surface area contributed by atoms with Gasteiger partial charge in [-0.15, -0.1) is 6.42 Å². The molecule has 162 valence electrons. The van der Waals surface area contributed by atoms with Gasteiger partial charge in [-0.2, -0.15) is 4.98 Å². The number of hydrogen-bond donors (Lipinski definition) is 1. The van der Waals surface area contributed by atoms with E-state index in [1.54, 1.807) is 41.9 Å². The van der Waals surface area contributed by atoms with Crippen LogP contribution in [0, 0.1) is 18.2 Å². The topological polar surface area (TPSA) is 73.2 Å². The molecule has 0 aliphatic carbocycles. The van der Waals surface area contributed by atoms with Gasteiger partial charge in [0.25, 0.3) is 5.56 Å². The molecule has 2 aromatic carbocycles. The summed E-state index contributed by atoms with van der Waals surface area (Å²) >= 11 is 1.24. The van der Waals surface area contributed by atoms with Gasteiger partial charge in [0.1, 0.15) is 24.0 Å². The molecule has 4 rings (SSSR count). The smallest absolute Gasteiger partial charge is 0.279 e. The van der Waals surface area contributed by atoms with E-state index in [1.807, 2.05) is 12.1 Å². The van der Waals surface area contributed by atoms with Crippen LogP contribution in [0.4, 0.5) is 10.2 Å². The molecule has 1 aliphatic heterocycles. The molecule has 0 radical (unpaired) electrons. The number of halogens is 1. The standard InChI is InChI=1S/C24H20FN3O3S/c1-3-12-31-17-10-8-15(9-11-17)18-13-20(29)26-22-21(18)23(30)27-24(28(22)2)32-14-16-6-4-5-7-19(16)25/h1,4-11,18H,12-14H2,2H3,(H,26,29)/t18-/m1/s1. The number of nitrogens with one attached hydrogen (secondary N) is 1. The van der Waals surface area contributed by atoms with Crippen LogP contribution in [0.15, 0.2) is 58.5 Å². The first-order valence-corrected chi connectivity index (χ1v) is 10.9. The Kier molecular flexibility index (Phi) is 6.28. The lowest BCUT2D eigenvalue weighted by Crippen LogP contribution is -2.33. The molecule has 0 spiro atoms. The fraction of sp³-hybridized carbons (Fsp3) is 0.208. The quantitative estimate of drug-likeness (QED) is 0.353. The van der Waals surface area contributed by atoms with Gasteiger partial charge in [0.15, 0.2) is 5.16 Å². The molecular weight excluding hydrogens is 429 g/mol. The second-order valence-corrected chi connectivity index (χ2v) is 8.21. The fourth-order valence-corrected chi connectivity index (χ4v) is 4.58. The van der Waals surface area contributed by atoms with E-state index in [0.717, 1.165) is 5.56 Å². The molecule has 8 heteroatoms. The molecule has 0 bridgehead atoms. The van der Waals surface area contributed by atoms with Crippen molar-refractivity contribution in [3.8, 4) is 18.1 Å². The minimum atomic E-state index is -0.433. The van der Waals surface area contributed by atoms with Gasteiger partial charge >= 0.3 is 0 Å². The molecule has 3 aromatic rings. The summed E-state index contributed by atoms with van der Waals surface area (Å²) in [7, 11) is 1.73. The number of nitrogens with zero attached hydrogens (tertiary/aromatic N) is 2. The lowest BCUT2D eigenvalue weighted by Gasteiger charge is -2.27.